The topological polar surface area (TPSA) is 40.5 Å². The van der Waals surface area contributed by atoms with E-state index in [9.17, 15) is 10.2 Å². The van der Waals surface area contributed by atoms with Gasteiger partial charge in [-0.05, 0) is 6.42 Å². The molecule has 0 spiro atoms. The molecule has 0 amide bonds. The third-order valence-electron chi connectivity index (χ3n) is 2.37. The van der Waals surface area contributed by atoms with Gasteiger partial charge in [-0.15, -0.1) is 0 Å². The second-order valence-corrected chi connectivity index (χ2v) is 2.92. The summed E-state index contributed by atoms with van der Waals surface area (Å²) in [5.41, 5.74) is 0. The Morgan fingerprint density at radius 1 is 1.22 bits per heavy atom. The molecule has 0 aromatic carbocycles. The molecule has 2 bridgehead atoms. The smallest absolute Gasteiger partial charge is 0.0691 e. The molecule has 0 aliphatic heterocycles. The Hall–Kier alpha value is -0.340. The largest absolute Gasteiger partial charge is 0.392 e. The number of rotatable bonds is 0. The minimum absolute atomic E-state index is 0.0370. The zero-order valence-corrected chi connectivity index (χ0v) is 5.07. The van der Waals surface area contributed by atoms with Crippen LogP contribution < -0.4 is 0 Å². The van der Waals surface area contributed by atoms with Crippen molar-refractivity contribution in [1.29, 1.82) is 0 Å². The predicted octanol–water partition coefficient (Wildman–Crippen LogP) is -0.0859. The van der Waals surface area contributed by atoms with Crippen LogP contribution in [0.4, 0.5) is 0 Å². The highest BCUT2D eigenvalue weighted by Gasteiger charge is 2.42. The lowest BCUT2D eigenvalue weighted by atomic mass is 10.1. The van der Waals surface area contributed by atoms with Gasteiger partial charge in [0.15, 0.2) is 0 Å². The Morgan fingerprint density at radius 3 is 2.22 bits per heavy atom. The number of fused-ring (bicyclic) bond motifs is 2. The molecule has 4 atom stereocenters. The zero-order chi connectivity index (χ0) is 6.43. The van der Waals surface area contributed by atoms with Crippen LogP contribution in [0.5, 0.6) is 0 Å². The second-order valence-electron chi connectivity index (χ2n) is 2.92. The van der Waals surface area contributed by atoms with Crippen molar-refractivity contribution in [1.82, 2.24) is 0 Å². The van der Waals surface area contributed by atoms with Gasteiger partial charge in [0.25, 0.3) is 0 Å². The van der Waals surface area contributed by atoms with E-state index in [-0.39, 0.29) is 24.0 Å². The average molecular weight is 126 g/mol. The number of hydrogen-bond acceptors (Lipinski definition) is 2. The van der Waals surface area contributed by atoms with Crippen LogP contribution in [0.2, 0.25) is 0 Å². The summed E-state index contributed by atoms with van der Waals surface area (Å²) in [5, 5.41) is 18.5. The molecule has 1 fully saturated rings. The molecule has 0 radical (unpaired) electrons. The summed E-state index contributed by atoms with van der Waals surface area (Å²) in [7, 11) is 0. The molecule has 2 rings (SSSR count). The van der Waals surface area contributed by atoms with Gasteiger partial charge in [-0.1, -0.05) is 12.2 Å². The van der Waals surface area contributed by atoms with Crippen LogP contribution in [0, 0.1) is 11.8 Å². The molecule has 50 valence electrons. The van der Waals surface area contributed by atoms with Gasteiger partial charge in [0.1, 0.15) is 0 Å². The first-order valence-corrected chi connectivity index (χ1v) is 3.33. The molecule has 2 aliphatic carbocycles. The molecule has 2 aliphatic rings. The molecule has 0 aromatic heterocycles. The van der Waals surface area contributed by atoms with Crippen molar-refractivity contribution in [2.24, 2.45) is 11.8 Å². The average Bonchev–Trinajstić information content (AvgIpc) is 2.25. The van der Waals surface area contributed by atoms with Crippen molar-refractivity contribution in [2.75, 3.05) is 0 Å². The molecule has 1 saturated carbocycles. The van der Waals surface area contributed by atoms with Crippen LogP contribution in [-0.4, -0.2) is 22.4 Å². The van der Waals surface area contributed by atoms with Crippen LogP contribution in [0.15, 0.2) is 12.2 Å². The molecular weight excluding hydrogens is 116 g/mol. The van der Waals surface area contributed by atoms with Crippen LogP contribution in [0.25, 0.3) is 0 Å². The van der Waals surface area contributed by atoms with Gasteiger partial charge in [-0.25, -0.2) is 0 Å². The van der Waals surface area contributed by atoms with Crippen molar-refractivity contribution in [3.8, 4) is 0 Å². The minimum atomic E-state index is -0.292. The van der Waals surface area contributed by atoms with E-state index >= 15 is 0 Å². The van der Waals surface area contributed by atoms with Gasteiger partial charge in [0, 0.05) is 11.8 Å². The van der Waals surface area contributed by atoms with Crippen molar-refractivity contribution in [3.63, 3.8) is 0 Å². The van der Waals surface area contributed by atoms with E-state index in [1.54, 1.807) is 0 Å². The molecule has 0 unspecified atom stereocenters. The fraction of sp³-hybridized carbons (Fsp3) is 0.714. The normalized spacial score (nSPS) is 54.9. The molecule has 0 saturated heterocycles. The molecule has 0 heterocycles. The van der Waals surface area contributed by atoms with Gasteiger partial charge in [0.05, 0.1) is 12.2 Å². The third kappa shape index (κ3) is 0.575. The summed E-state index contributed by atoms with van der Waals surface area (Å²) in [6, 6.07) is 0. The highest BCUT2D eigenvalue weighted by Crippen LogP contribution is 2.39. The maximum absolute atomic E-state index is 9.28. The van der Waals surface area contributed by atoms with Crippen molar-refractivity contribution in [3.05, 3.63) is 12.2 Å². The van der Waals surface area contributed by atoms with E-state index in [0.717, 1.165) is 6.42 Å². The number of aliphatic hydroxyl groups is 2. The second kappa shape index (κ2) is 1.58. The summed E-state index contributed by atoms with van der Waals surface area (Å²) in [4.78, 5) is 0. The van der Waals surface area contributed by atoms with Gasteiger partial charge in [-0.3, -0.25) is 0 Å². The SMILES string of the molecule is O[C@@H]1[C@@H]2C=C[C@H]1C[C@@H]2O. The standard InChI is InChI=1S/C7H10O2/c8-6-3-4-1-2-5(6)7(4)9/h1-2,4-9H,3H2/t4-,5+,6-,7-/m0/s1. The summed E-state index contributed by atoms with van der Waals surface area (Å²) in [5.74, 6) is 0.278. The third-order valence-corrected chi connectivity index (χ3v) is 2.37. The van der Waals surface area contributed by atoms with E-state index in [1.165, 1.54) is 0 Å². The summed E-state index contributed by atoms with van der Waals surface area (Å²) in [6.07, 6.45) is 4.10. The lowest BCUT2D eigenvalue weighted by molar-refractivity contribution is 0.0923. The Bertz CT molecular complexity index is 153. The Morgan fingerprint density at radius 2 is 2.00 bits per heavy atom. The van der Waals surface area contributed by atoms with E-state index < -0.39 is 0 Å². The lowest BCUT2D eigenvalue weighted by Crippen LogP contribution is -2.18. The van der Waals surface area contributed by atoms with Crippen LogP contribution >= 0.6 is 0 Å². The highest BCUT2D eigenvalue weighted by molar-refractivity contribution is 5.15. The predicted molar refractivity (Wildman–Crippen MR) is 32.8 cm³/mol. The first-order valence-electron chi connectivity index (χ1n) is 3.33. The fourth-order valence-electron chi connectivity index (χ4n) is 1.79. The Kier molecular flexibility index (Phi) is 0.957. The number of hydrogen-bond donors (Lipinski definition) is 2. The summed E-state index contributed by atoms with van der Waals surface area (Å²) >= 11 is 0. The zero-order valence-electron chi connectivity index (χ0n) is 5.07. The van der Waals surface area contributed by atoms with E-state index in [1.807, 2.05) is 12.2 Å². The summed E-state index contributed by atoms with van der Waals surface area (Å²) < 4.78 is 0. The maximum atomic E-state index is 9.28. The highest BCUT2D eigenvalue weighted by atomic mass is 16.3. The Balaban J connectivity index is 2.26. The molecule has 2 nitrogen and oxygen atoms in total. The van der Waals surface area contributed by atoms with E-state index in [0.29, 0.717) is 0 Å². The minimum Gasteiger partial charge on any atom is -0.392 e. The van der Waals surface area contributed by atoms with Gasteiger partial charge in [-0.2, -0.15) is 0 Å². The quantitative estimate of drug-likeness (QED) is 0.445. The first-order chi connectivity index (χ1) is 4.29. The van der Waals surface area contributed by atoms with Gasteiger partial charge in [0.2, 0.25) is 0 Å². The van der Waals surface area contributed by atoms with Crippen molar-refractivity contribution >= 4 is 0 Å². The maximum Gasteiger partial charge on any atom is 0.0691 e. The lowest BCUT2D eigenvalue weighted by Gasteiger charge is -2.09. The first kappa shape index (κ1) is 5.45. The van der Waals surface area contributed by atoms with Gasteiger partial charge >= 0.3 is 0 Å². The van der Waals surface area contributed by atoms with Crippen molar-refractivity contribution in [2.45, 2.75) is 18.6 Å². The number of aliphatic hydroxyl groups excluding tert-OH is 2. The molecular formula is C7H10O2. The van der Waals surface area contributed by atoms with Crippen LogP contribution in [-0.2, 0) is 0 Å². The molecule has 2 heteroatoms. The monoisotopic (exact) mass is 126 g/mol. The van der Waals surface area contributed by atoms with E-state index in [2.05, 4.69) is 0 Å². The summed E-state index contributed by atoms with van der Waals surface area (Å²) in [6.45, 7) is 0. The van der Waals surface area contributed by atoms with Gasteiger partial charge < -0.3 is 10.2 Å². The molecule has 9 heavy (non-hydrogen) atoms. The van der Waals surface area contributed by atoms with Crippen LogP contribution in [0.3, 0.4) is 0 Å². The molecule has 2 N–H and O–H groups in total. The van der Waals surface area contributed by atoms with Crippen LogP contribution in [0.1, 0.15) is 6.42 Å². The Labute approximate surface area is 53.8 Å². The van der Waals surface area contributed by atoms with Crippen molar-refractivity contribution < 1.29 is 10.2 Å². The van der Waals surface area contributed by atoms with E-state index in [4.69, 9.17) is 0 Å². The fourth-order valence-corrected chi connectivity index (χ4v) is 1.79. The molecule has 0 aromatic rings.